The zero-order chi connectivity index (χ0) is 16.0. The van der Waals surface area contributed by atoms with Crippen LogP contribution < -0.4 is 16.2 Å². The fourth-order valence-corrected chi connectivity index (χ4v) is 3.00. The minimum absolute atomic E-state index is 0.450. The van der Waals surface area contributed by atoms with Crippen molar-refractivity contribution < 1.29 is 9.15 Å². The van der Waals surface area contributed by atoms with Crippen molar-refractivity contribution >= 4 is 38.4 Å². The molecule has 1 aromatic heterocycles. The third-order valence-electron chi connectivity index (χ3n) is 3.72. The Balaban J connectivity index is 2.21. The zero-order valence-corrected chi connectivity index (χ0v) is 14.1. The van der Waals surface area contributed by atoms with Gasteiger partial charge in [-0.05, 0) is 59.1 Å². The van der Waals surface area contributed by atoms with Crippen LogP contribution in [-0.2, 0) is 0 Å². The van der Waals surface area contributed by atoms with E-state index in [2.05, 4.69) is 20.9 Å². The number of hydrogen-bond donors (Lipinski definition) is 2. The number of halogens is 1. The molecule has 22 heavy (non-hydrogen) atoms. The van der Waals surface area contributed by atoms with Gasteiger partial charge in [0.1, 0.15) is 5.52 Å². The lowest BCUT2D eigenvalue weighted by Gasteiger charge is -2.08. The van der Waals surface area contributed by atoms with E-state index in [4.69, 9.17) is 20.6 Å². The zero-order valence-electron chi connectivity index (χ0n) is 12.5. The number of rotatable bonds is 2. The van der Waals surface area contributed by atoms with Gasteiger partial charge in [0.2, 0.25) is 5.89 Å². The first-order valence-electron chi connectivity index (χ1n) is 6.72. The van der Waals surface area contributed by atoms with Gasteiger partial charge >= 0.3 is 0 Å². The number of oxazole rings is 1. The fraction of sp³-hybridized carbons (Fsp3) is 0.188. The van der Waals surface area contributed by atoms with Gasteiger partial charge in [-0.2, -0.15) is 0 Å². The minimum Gasteiger partial charge on any atom is -0.492 e. The first kappa shape index (κ1) is 14.7. The Morgan fingerprint density at radius 2 is 1.77 bits per heavy atom. The molecule has 0 atom stereocenters. The molecule has 0 amide bonds. The second-order valence-corrected chi connectivity index (χ2v) is 5.98. The van der Waals surface area contributed by atoms with E-state index in [1.54, 1.807) is 12.1 Å². The summed E-state index contributed by atoms with van der Waals surface area (Å²) >= 11 is 3.57. The van der Waals surface area contributed by atoms with Crippen LogP contribution in [0.25, 0.3) is 22.6 Å². The molecule has 3 aromatic rings. The Labute approximate surface area is 136 Å². The van der Waals surface area contributed by atoms with Crippen LogP contribution in [0.2, 0.25) is 0 Å². The minimum atomic E-state index is 0.450. The standard InChI is InChI=1S/C16H16BrN3O2/c1-7-4-12-15(13(17)8(7)2)22-16(20-12)9-5-10(18)14(21-3)11(19)6-9/h4-6H,18-19H2,1-3H3. The summed E-state index contributed by atoms with van der Waals surface area (Å²) in [5.41, 5.74) is 17.3. The monoisotopic (exact) mass is 361 g/mol. The molecule has 6 heteroatoms. The molecule has 0 fully saturated rings. The molecular formula is C16H16BrN3O2. The maximum absolute atomic E-state index is 5.96. The van der Waals surface area contributed by atoms with Gasteiger partial charge < -0.3 is 20.6 Å². The Morgan fingerprint density at radius 1 is 1.14 bits per heavy atom. The smallest absolute Gasteiger partial charge is 0.227 e. The second-order valence-electron chi connectivity index (χ2n) is 5.19. The number of nitrogens with two attached hydrogens (primary N) is 2. The molecule has 1 heterocycles. The topological polar surface area (TPSA) is 87.3 Å². The molecule has 4 N–H and O–H groups in total. The summed E-state index contributed by atoms with van der Waals surface area (Å²) in [5.74, 6) is 0.939. The van der Waals surface area contributed by atoms with Crippen LogP contribution in [0.3, 0.4) is 0 Å². The summed E-state index contributed by atoms with van der Waals surface area (Å²) in [6.45, 7) is 4.07. The SMILES string of the molecule is COc1c(N)cc(-c2nc3cc(C)c(C)c(Br)c3o2)cc1N. The van der Waals surface area contributed by atoms with Gasteiger partial charge in [0.05, 0.1) is 23.0 Å². The first-order valence-corrected chi connectivity index (χ1v) is 7.51. The number of aryl methyl sites for hydroxylation is 1. The number of nitrogens with zero attached hydrogens (tertiary/aromatic N) is 1. The summed E-state index contributed by atoms with van der Waals surface area (Å²) < 4.78 is 12.0. The third kappa shape index (κ3) is 2.20. The van der Waals surface area contributed by atoms with Gasteiger partial charge in [-0.3, -0.25) is 0 Å². The number of nitrogen functional groups attached to an aromatic ring is 2. The molecule has 0 aliphatic rings. The van der Waals surface area contributed by atoms with Crippen molar-refractivity contribution in [1.82, 2.24) is 4.98 Å². The molecule has 0 aliphatic heterocycles. The van der Waals surface area contributed by atoms with Gasteiger partial charge in [-0.1, -0.05) is 0 Å². The molecule has 0 saturated carbocycles. The number of aromatic nitrogens is 1. The van der Waals surface area contributed by atoms with Crippen LogP contribution in [0, 0.1) is 13.8 Å². The summed E-state index contributed by atoms with van der Waals surface area (Å²) in [6.07, 6.45) is 0. The van der Waals surface area contributed by atoms with Gasteiger partial charge in [-0.25, -0.2) is 4.98 Å². The lowest BCUT2D eigenvalue weighted by molar-refractivity contribution is 0.419. The molecule has 5 nitrogen and oxygen atoms in total. The van der Waals surface area contributed by atoms with Crippen molar-refractivity contribution in [2.75, 3.05) is 18.6 Å². The maximum Gasteiger partial charge on any atom is 0.227 e. The molecule has 0 bridgehead atoms. The highest BCUT2D eigenvalue weighted by atomic mass is 79.9. The van der Waals surface area contributed by atoms with Crippen molar-refractivity contribution in [2.24, 2.45) is 0 Å². The van der Waals surface area contributed by atoms with Gasteiger partial charge in [-0.15, -0.1) is 0 Å². The van der Waals surface area contributed by atoms with Crippen LogP contribution in [0.5, 0.6) is 5.75 Å². The van der Waals surface area contributed by atoms with Gasteiger partial charge in [0, 0.05) is 5.56 Å². The predicted octanol–water partition coefficient (Wildman–Crippen LogP) is 4.05. The molecule has 0 spiro atoms. The van der Waals surface area contributed by atoms with E-state index in [9.17, 15) is 0 Å². The third-order valence-corrected chi connectivity index (χ3v) is 4.68. The summed E-state index contributed by atoms with van der Waals surface area (Å²) in [5, 5.41) is 0. The largest absolute Gasteiger partial charge is 0.492 e. The van der Waals surface area contributed by atoms with Crippen molar-refractivity contribution in [1.29, 1.82) is 0 Å². The number of benzene rings is 2. The van der Waals surface area contributed by atoms with Crippen molar-refractivity contribution in [3.05, 3.63) is 33.8 Å². The molecular weight excluding hydrogens is 346 g/mol. The molecule has 0 radical (unpaired) electrons. The molecule has 2 aromatic carbocycles. The highest BCUT2D eigenvalue weighted by Crippen LogP contribution is 2.37. The van der Waals surface area contributed by atoms with E-state index in [0.717, 1.165) is 21.1 Å². The maximum atomic E-state index is 5.96. The molecule has 0 saturated heterocycles. The molecule has 114 valence electrons. The van der Waals surface area contributed by atoms with Crippen LogP contribution in [0.1, 0.15) is 11.1 Å². The summed E-state index contributed by atoms with van der Waals surface area (Å²) in [4.78, 5) is 4.53. The van der Waals surface area contributed by atoms with Crippen LogP contribution in [0.15, 0.2) is 27.1 Å². The number of ether oxygens (including phenoxy) is 1. The fourth-order valence-electron chi connectivity index (χ4n) is 2.40. The Morgan fingerprint density at radius 3 is 2.36 bits per heavy atom. The molecule has 0 aliphatic carbocycles. The quantitative estimate of drug-likeness (QED) is 0.672. The average molecular weight is 362 g/mol. The Bertz CT molecular complexity index is 864. The van der Waals surface area contributed by atoms with Gasteiger partial charge in [0.25, 0.3) is 0 Å². The van der Waals surface area contributed by atoms with Crippen molar-refractivity contribution in [2.45, 2.75) is 13.8 Å². The number of methoxy groups -OCH3 is 1. The van der Waals surface area contributed by atoms with Crippen molar-refractivity contribution in [3.63, 3.8) is 0 Å². The second kappa shape index (κ2) is 5.21. The Kier molecular flexibility index (Phi) is 3.48. The predicted molar refractivity (Wildman–Crippen MR) is 92.0 cm³/mol. The summed E-state index contributed by atoms with van der Waals surface area (Å²) in [7, 11) is 1.53. The number of hydrogen-bond acceptors (Lipinski definition) is 5. The lowest BCUT2D eigenvalue weighted by atomic mass is 10.1. The van der Waals surface area contributed by atoms with Crippen LogP contribution >= 0.6 is 15.9 Å². The van der Waals surface area contributed by atoms with E-state index < -0.39 is 0 Å². The lowest BCUT2D eigenvalue weighted by Crippen LogP contribution is -1.98. The highest BCUT2D eigenvalue weighted by molar-refractivity contribution is 9.10. The molecule has 3 rings (SSSR count). The first-order chi connectivity index (χ1) is 10.4. The van der Waals surface area contributed by atoms with E-state index in [1.165, 1.54) is 7.11 Å². The number of fused-ring (bicyclic) bond motifs is 1. The number of anilines is 2. The van der Waals surface area contributed by atoms with E-state index >= 15 is 0 Å². The van der Waals surface area contributed by atoms with Crippen LogP contribution in [0.4, 0.5) is 11.4 Å². The van der Waals surface area contributed by atoms with E-state index in [-0.39, 0.29) is 0 Å². The van der Waals surface area contributed by atoms with E-state index in [1.807, 2.05) is 19.9 Å². The Hall–Kier alpha value is -2.21. The summed E-state index contributed by atoms with van der Waals surface area (Å²) in [6, 6.07) is 5.49. The van der Waals surface area contributed by atoms with Gasteiger partial charge in [0.15, 0.2) is 11.3 Å². The van der Waals surface area contributed by atoms with E-state index in [0.29, 0.717) is 34.2 Å². The highest BCUT2D eigenvalue weighted by Gasteiger charge is 2.16. The normalized spacial score (nSPS) is 11.1. The average Bonchev–Trinajstić information content (AvgIpc) is 2.88. The van der Waals surface area contributed by atoms with Crippen LogP contribution in [-0.4, -0.2) is 12.1 Å². The molecule has 0 unspecified atom stereocenters. The van der Waals surface area contributed by atoms with Crippen molar-refractivity contribution in [3.8, 4) is 17.2 Å².